The number of thiophene rings is 1. The molecular weight excluding hydrogens is 648 g/mol. The van der Waals surface area contributed by atoms with E-state index in [2.05, 4.69) is 69.9 Å². The van der Waals surface area contributed by atoms with Crippen LogP contribution >= 0.6 is 27.3 Å². The van der Waals surface area contributed by atoms with Crippen molar-refractivity contribution in [1.29, 1.82) is 0 Å². The molecule has 45 heavy (non-hydrogen) atoms. The van der Waals surface area contributed by atoms with E-state index in [1.54, 1.807) is 17.4 Å². The molecule has 236 valence electrons. The molecule has 2 aromatic carbocycles. The number of ether oxygens (including phenoxy) is 2. The van der Waals surface area contributed by atoms with Gasteiger partial charge in [-0.2, -0.15) is 0 Å². The fourth-order valence-electron chi connectivity index (χ4n) is 8.81. The summed E-state index contributed by atoms with van der Waals surface area (Å²) in [6.07, 6.45) is 8.32. The number of likely N-dealkylation sites (tertiary alicyclic amines) is 1. The van der Waals surface area contributed by atoms with E-state index in [4.69, 9.17) is 9.47 Å². The number of carbonyl (C=O) groups is 2. The van der Waals surface area contributed by atoms with Gasteiger partial charge >= 0.3 is 5.97 Å². The number of benzene rings is 2. The Kier molecular flexibility index (Phi) is 8.42. The van der Waals surface area contributed by atoms with E-state index in [1.807, 2.05) is 29.7 Å². The monoisotopic (exact) mass is 688 g/mol. The fraction of sp³-hybridized carbons (Fsp3) is 0.459. The molecule has 7 rings (SSSR count). The maximum absolute atomic E-state index is 14.0. The second-order valence-electron chi connectivity index (χ2n) is 13.5. The van der Waals surface area contributed by atoms with Crippen molar-refractivity contribution < 1.29 is 19.1 Å². The molecule has 1 saturated heterocycles. The first-order valence-corrected chi connectivity index (χ1v) is 17.9. The van der Waals surface area contributed by atoms with Crippen molar-refractivity contribution in [2.45, 2.75) is 76.5 Å². The Labute approximate surface area is 278 Å². The number of halogens is 1. The average Bonchev–Trinajstić information content (AvgIpc) is 3.59. The van der Waals surface area contributed by atoms with Crippen LogP contribution in [0, 0.1) is 11.8 Å². The molecule has 5 atom stereocenters. The Bertz CT molecular complexity index is 1620. The third kappa shape index (κ3) is 5.57. The molecule has 1 amide bonds. The SMILES string of the molecule is CC(=O)Oc1ccc2c3c1C[C@@H]1[C@@H]4CC[C@H](N(CC(C)C)C(=O)/C=C/c5cc(Br)cs5)[C@H](O2)[C@]34CCN1CCc1ccccc1. The van der Waals surface area contributed by atoms with Crippen LogP contribution in [0.1, 0.15) is 61.6 Å². The molecule has 3 heterocycles. The summed E-state index contributed by atoms with van der Waals surface area (Å²) in [5.74, 6) is 2.06. The van der Waals surface area contributed by atoms with Crippen LogP contribution in [0.5, 0.6) is 11.5 Å². The van der Waals surface area contributed by atoms with Crippen molar-refractivity contribution in [3.8, 4) is 11.5 Å². The number of hydrogen-bond donors (Lipinski definition) is 0. The predicted octanol–water partition coefficient (Wildman–Crippen LogP) is 7.28. The van der Waals surface area contributed by atoms with Crippen molar-refractivity contribution in [1.82, 2.24) is 9.80 Å². The van der Waals surface area contributed by atoms with E-state index in [1.165, 1.54) is 18.1 Å². The minimum atomic E-state index is -0.299. The lowest BCUT2D eigenvalue weighted by molar-refractivity contribution is -0.138. The molecule has 6 nitrogen and oxygen atoms in total. The lowest BCUT2D eigenvalue weighted by Crippen LogP contribution is -2.69. The van der Waals surface area contributed by atoms with Crippen LogP contribution in [0.2, 0.25) is 0 Å². The second kappa shape index (κ2) is 12.3. The molecule has 0 unspecified atom stereocenters. The summed E-state index contributed by atoms with van der Waals surface area (Å²) in [5.41, 5.74) is 3.51. The summed E-state index contributed by atoms with van der Waals surface area (Å²) >= 11 is 5.15. The van der Waals surface area contributed by atoms with Crippen molar-refractivity contribution in [2.24, 2.45) is 11.8 Å². The molecule has 2 bridgehead atoms. The van der Waals surface area contributed by atoms with E-state index >= 15 is 0 Å². The standard InChI is InChI=1S/C37H41BrN2O4S/c1-23(2)21-40(34(42)14-9-27-19-26(38)22-45-27)30-11-10-29-31-20-28-32(43-24(3)41)12-13-33-35(28)37(29,36(30)44-33)16-18-39(31)17-15-25-7-5-4-6-8-25/h4-9,12-14,19,22-23,29-31,36H,10-11,15-18,20-21H2,1-3H3/b14-9+/t29-,30-,31+,36-,37-/m0/s1. The topological polar surface area (TPSA) is 59.1 Å². The molecule has 3 aromatic rings. The van der Waals surface area contributed by atoms with E-state index in [-0.39, 0.29) is 29.4 Å². The Balaban J connectivity index is 1.25. The highest BCUT2D eigenvalue weighted by Gasteiger charge is 2.66. The third-order valence-corrected chi connectivity index (χ3v) is 12.1. The van der Waals surface area contributed by atoms with Gasteiger partial charge in [-0.1, -0.05) is 44.2 Å². The van der Waals surface area contributed by atoms with Crippen LogP contribution in [0.4, 0.5) is 0 Å². The van der Waals surface area contributed by atoms with E-state index < -0.39 is 0 Å². The Morgan fingerprint density at radius 3 is 2.76 bits per heavy atom. The van der Waals surface area contributed by atoms with E-state index in [0.717, 1.165) is 65.9 Å². The van der Waals surface area contributed by atoms with E-state index in [0.29, 0.717) is 30.2 Å². The summed E-state index contributed by atoms with van der Waals surface area (Å²) in [7, 11) is 0. The van der Waals surface area contributed by atoms with Crippen LogP contribution in [-0.2, 0) is 27.8 Å². The molecule has 4 aliphatic rings. The van der Waals surface area contributed by atoms with Gasteiger partial charge in [0.05, 0.1) is 6.04 Å². The summed E-state index contributed by atoms with van der Waals surface area (Å²) in [6, 6.07) is 17.0. The van der Waals surface area contributed by atoms with Gasteiger partial charge in [0.2, 0.25) is 5.91 Å². The Morgan fingerprint density at radius 1 is 1.20 bits per heavy atom. The zero-order chi connectivity index (χ0) is 31.3. The van der Waals surface area contributed by atoms with Crippen molar-refractivity contribution in [3.63, 3.8) is 0 Å². The minimum absolute atomic E-state index is 0.0390. The summed E-state index contributed by atoms with van der Waals surface area (Å²) < 4.78 is 13.9. The summed E-state index contributed by atoms with van der Waals surface area (Å²) in [5, 5.41) is 2.04. The molecule has 1 saturated carbocycles. The molecule has 1 aromatic heterocycles. The normalized spacial score (nSPS) is 26.5. The smallest absolute Gasteiger partial charge is 0.308 e. The number of piperidine rings is 1. The molecule has 0 radical (unpaired) electrons. The highest BCUT2D eigenvalue weighted by atomic mass is 79.9. The predicted molar refractivity (Wildman–Crippen MR) is 182 cm³/mol. The van der Waals surface area contributed by atoms with Gasteiger partial charge in [0.1, 0.15) is 17.6 Å². The number of rotatable bonds is 9. The first kappa shape index (κ1) is 30.7. The maximum Gasteiger partial charge on any atom is 0.308 e. The van der Waals surface area contributed by atoms with Crippen LogP contribution in [-0.4, -0.2) is 59.5 Å². The Hall–Kier alpha value is -2.94. The zero-order valence-corrected chi connectivity index (χ0v) is 28.6. The Morgan fingerprint density at radius 2 is 2.02 bits per heavy atom. The number of esters is 1. The molecule has 2 fully saturated rings. The number of carbonyl (C=O) groups excluding carboxylic acids is 2. The van der Waals surface area contributed by atoms with Gasteiger partial charge < -0.3 is 14.4 Å². The summed E-state index contributed by atoms with van der Waals surface area (Å²) in [6.45, 7) is 8.50. The first-order chi connectivity index (χ1) is 21.7. The number of nitrogens with zero attached hydrogens (tertiary/aromatic N) is 2. The van der Waals surface area contributed by atoms with Gasteiger partial charge in [0, 0.05) is 63.4 Å². The van der Waals surface area contributed by atoms with Crippen molar-refractivity contribution in [3.05, 3.63) is 86.0 Å². The van der Waals surface area contributed by atoms with Gasteiger partial charge in [0.25, 0.3) is 0 Å². The van der Waals surface area contributed by atoms with Crippen molar-refractivity contribution in [2.75, 3.05) is 19.6 Å². The van der Waals surface area contributed by atoms with Crippen LogP contribution in [0.3, 0.4) is 0 Å². The lowest BCUT2D eigenvalue weighted by atomic mass is 9.50. The molecule has 1 spiro atoms. The van der Waals surface area contributed by atoms with Gasteiger partial charge in [-0.25, -0.2) is 0 Å². The van der Waals surface area contributed by atoms with Crippen LogP contribution in [0.15, 0.2) is 64.5 Å². The average molecular weight is 690 g/mol. The third-order valence-electron chi connectivity index (χ3n) is 10.4. The number of amides is 1. The molecular formula is C37H41BrN2O4S. The lowest BCUT2D eigenvalue weighted by Gasteiger charge is -2.60. The summed E-state index contributed by atoms with van der Waals surface area (Å²) in [4.78, 5) is 32.1. The number of hydrogen-bond acceptors (Lipinski definition) is 6. The molecule has 2 aliphatic heterocycles. The molecule has 0 N–H and O–H groups in total. The van der Waals surface area contributed by atoms with E-state index in [9.17, 15) is 9.59 Å². The van der Waals surface area contributed by atoms with Crippen molar-refractivity contribution >= 4 is 45.2 Å². The first-order valence-electron chi connectivity index (χ1n) is 16.3. The minimum Gasteiger partial charge on any atom is -0.487 e. The quantitative estimate of drug-likeness (QED) is 0.134. The highest BCUT2D eigenvalue weighted by molar-refractivity contribution is 9.10. The highest BCUT2D eigenvalue weighted by Crippen LogP contribution is 2.64. The van der Waals surface area contributed by atoms with Gasteiger partial charge in [-0.05, 0) is 96.3 Å². The van der Waals surface area contributed by atoms with Gasteiger partial charge in [0.15, 0.2) is 0 Å². The maximum atomic E-state index is 14.0. The fourth-order valence-corrected chi connectivity index (χ4v) is 10.1. The van der Waals surface area contributed by atoms with Crippen LogP contribution in [0.25, 0.3) is 6.08 Å². The van der Waals surface area contributed by atoms with Gasteiger partial charge in [-0.15, -0.1) is 11.3 Å². The second-order valence-corrected chi connectivity index (χ2v) is 15.4. The van der Waals surface area contributed by atoms with Gasteiger partial charge in [-0.3, -0.25) is 14.5 Å². The largest absolute Gasteiger partial charge is 0.487 e. The van der Waals surface area contributed by atoms with Crippen LogP contribution < -0.4 is 9.47 Å². The molecule has 8 heteroatoms. The molecule has 2 aliphatic carbocycles. The zero-order valence-electron chi connectivity index (χ0n) is 26.2.